The molecule has 8 nitrogen and oxygen atoms in total. The number of anilines is 2. The highest BCUT2D eigenvalue weighted by molar-refractivity contribution is 6.03. The lowest BCUT2D eigenvalue weighted by atomic mass is 9.85. The molecule has 2 N–H and O–H groups in total. The third-order valence-corrected chi connectivity index (χ3v) is 7.34. The number of carbonyl (C=O) groups excluding carboxylic acids is 1. The van der Waals surface area contributed by atoms with E-state index >= 15 is 0 Å². The van der Waals surface area contributed by atoms with Crippen LogP contribution in [0.2, 0.25) is 0 Å². The van der Waals surface area contributed by atoms with Gasteiger partial charge in [0.2, 0.25) is 5.89 Å². The molecule has 0 radical (unpaired) electrons. The zero-order valence-corrected chi connectivity index (χ0v) is 21.0. The number of hydrogen-bond donors (Lipinski definition) is 2. The standard InChI is InChI=1S/C27H36N6O2/c1-4-18-7-9-21(10-8-18)33-15-22(25(32-33)17(2)3)30-26(34)23-16-35-27(31-23)20-11-12-28-24(13-20)29-14-19-5-6-19/h11-13,15-19,21H,4-10,14H2,1-3H3,(H,28,29)(H,30,34)/t18-,21+. The number of oxazole rings is 1. The summed E-state index contributed by atoms with van der Waals surface area (Å²) >= 11 is 0. The Hall–Kier alpha value is -3.16. The molecule has 2 saturated carbocycles. The minimum atomic E-state index is -0.294. The maximum absolute atomic E-state index is 13.1. The van der Waals surface area contributed by atoms with E-state index in [2.05, 4.69) is 46.1 Å². The van der Waals surface area contributed by atoms with Crippen molar-refractivity contribution >= 4 is 17.4 Å². The van der Waals surface area contributed by atoms with Crippen LogP contribution < -0.4 is 10.6 Å². The molecule has 0 aromatic carbocycles. The van der Waals surface area contributed by atoms with Crippen LogP contribution in [-0.2, 0) is 0 Å². The minimum absolute atomic E-state index is 0.199. The fourth-order valence-electron chi connectivity index (χ4n) is 4.86. The van der Waals surface area contributed by atoms with Crippen molar-refractivity contribution in [3.8, 4) is 11.5 Å². The van der Waals surface area contributed by atoms with E-state index in [1.165, 1.54) is 38.4 Å². The monoisotopic (exact) mass is 476 g/mol. The first-order valence-electron chi connectivity index (χ1n) is 13.1. The molecule has 3 heterocycles. The summed E-state index contributed by atoms with van der Waals surface area (Å²) in [4.78, 5) is 21.9. The molecule has 2 aliphatic rings. The van der Waals surface area contributed by atoms with Crippen LogP contribution in [0.5, 0.6) is 0 Å². The summed E-state index contributed by atoms with van der Waals surface area (Å²) < 4.78 is 7.72. The van der Waals surface area contributed by atoms with Crippen molar-refractivity contribution in [1.82, 2.24) is 19.7 Å². The van der Waals surface area contributed by atoms with Crippen LogP contribution in [0, 0.1) is 11.8 Å². The van der Waals surface area contributed by atoms with Gasteiger partial charge in [-0.1, -0.05) is 27.2 Å². The smallest absolute Gasteiger partial charge is 0.277 e. The summed E-state index contributed by atoms with van der Waals surface area (Å²) in [6.45, 7) is 7.41. The van der Waals surface area contributed by atoms with Crippen LogP contribution >= 0.6 is 0 Å². The predicted molar refractivity (Wildman–Crippen MR) is 137 cm³/mol. The molecular weight excluding hydrogens is 440 g/mol. The van der Waals surface area contributed by atoms with Crippen molar-refractivity contribution in [2.45, 2.75) is 77.7 Å². The van der Waals surface area contributed by atoms with Gasteiger partial charge in [-0.05, 0) is 68.4 Å². The number of amides is 1. The summed E-state index contributed by atoms with van der Waals surface area (Å²) in [5.74, 6) is 2.68. The molecule has 35 heavy (non-hydrogen) atoms. The van der Waals surface area contributed by atoms with Gasteiger partial charge < -0.3 is 15.1 Å². The summed E-state index contributed by atoms with van der Waals surface area (Å²) in [5.41, 5.74) is 2.69. The van der Waals surface area contributed by atoms with E-state index in [0.29, 0.717) is 11.9 Å². The number of nitrogens with one attached hydrogen (secondary N) is 2. The molecule has 0 saturated heterocycles. The summed E-state index contributed by atoms with van der Waals surface area (Å²) in [6, 6.07) is 4.14. The first-order valence-corrected chi connectivity index (χ1v) is 13.1. The Labute approximate surface area is 206 Å². The van der Waals surface area contributed by atoms with Crippen molar-refractivity contribution in [2.24, 2.45) is 11.8 Å². The van der Waals surface area contributed by atoms with Crippen molar-refractivity contribution in [3.05, 3.63) is 42.2 Å². The van der Waals surface area contributed by atoms with Crippen LogP contribution in [0.15, 0.2) is 35.2 Å². The molecule has 5 rings (SSSR count). The topological polar surface area (TPSA) is 97.9 Å². The van der Waals surface area contributed by atoms with E-state index in [1.807, 2.05) is 18.3 Å². The van der Waals surface area contributed by atoms with Gasteiger partial charge in [-0.3, -0.25) is 9.48 Å². The fraction of sp³-hybridized carbons (Fsp3) is 0.556. The summed E-state index contributed by atoms with van der Waals surface area (Å²) in [5, 5.41) is 11.3. The molecule has 0 aliphatic heterocycles. The first-order chi connectivity index (χ1) is 17.0. The lowest BCUT2D eigenvalue weighted by Crippen LogP contribution is -2.18. The molecule has 3 aromatic rings. The molecule has 186 valence electrons. The zero-order chi connectivity index (χ0) is 24.4. The first kappa shape index (κ1) is 23.6. The van der Waals surface area contributed by atoms with Crippen molar-refractivity contribution in [1.29, 1.82) is 0 Å². The Kier molecular flexibility index (Phi) is 6.88. The highest BCUT2D eigenvalue weighted by Crippen LogP contribution is 2.35. The number of aromatic nitrogens is 4. The van der Waals surface area contributed by atoms with Crippen LogP contribution in [-0.4, -0.2) is 32.2 Å². The highest BCUT2D eigenvalue weighted by Gasteiger charge is 2.25. The van der Waals surface area contributed by atoms with E-state index in [4.69, 9.17) is 9.52 Å². The summed E-state index contributed by atoms with van der Waals surface area (Å²) in [6.07, 6.45) is 13.7. The van der Waals surface area contributed by atoms with Gasteiger partial charge >= 0.3 is 0 Å². The normalized spacial score (nSPS) is 20.2. The van der Waals surface area contributed by atoms with Gasteiger partial charge in [0, 0.05) is 24.5 Å². The van der Waals surface area contributed by atoms with E-state index < -0.39 is 0 Å². The molecule has 0 bridgehead atoms. The van der Waals surface area contributed by atoms with Gasteiger partial charge in [-0.2, -0.15) is 5.10 Å². The Morgan fingerprint density at radius 2 is 1.94 bits per heavy atom. The molecule has 0 unspecified atom stereocenters. The number of pyridine rings is 1. The largest absolute Gasteiger partial charge is 0.444 e. The quantitative estimate of drug-likeness (QED) is 0.378. The van der Waals surface area contributed by atoms with Gasteiger partial charge in [-0.25, -0.2) is 9.97 Å². The van der Waals surface area contributed by atoms with Gasteiger partial charge in [-0.15, -0.1) is 0 Å². The lowest BCUT2D eigenvalue weighted by molar-refractivity contribution is 0.102. The minimum Gasteiger partial charge on any atom is -0.444 e. The zero-order valence-electron chi connectivity index (χ0n) is 21.0. The van der Waals surface area contributed by atoms with E-state index in [1.54, 1.807) is 6.20 Å². The third-order valence-electron chi connectivity index (χ3n) is 7.34. The van der Waals surface area contributed by atoms with Crippen LogP contribution in [0.3, 0.4) is 0 Å². The Morgan fingerprint density at radius 3 is 2.66 bits per heavy atom. The fourth-order valence-corrected chi connectivity index (χ4v) is 4.86. The number of nitrogens with zero attached hydrogens (tertiary/aromatic N) is 4. The average molecular weight is 477 g/mol. The van der Waals surface area contributed by atoms with Gasteiger partial charge in [0.1, 0.15) is 12.1 Å². The predicted octanol–water partition coefficient (Wildman–Crippen LogP) is 6.27. The molecule has 3 aromatic heterocycles. The SMILES string of the molecule is CC[C@H]1CC[C@@H](n2cc(NC(=O)c3coc(-c4ccnc(NCC5CC5)c4)n3)c(C(C)C)n2)CC1. The molecular formula is C27H36N6O2. The van der Waals surface area contributed by atoms with Crippen molar-refractivity contribution in [2.75, 3.05) is 17.2 Å². The van der Waals surface area contributed by atoms with E-state index in [-0.39, 0.29) is 17.5 Å². The van der Waals surface area contributed by atoms with Gasteiger partial charge in [0.15, 0.2) is 5.69 Å². The average Bonchev–Trinajstić information content (AvgIpc) is 3.39. The van der Waals surface area contributed by atoms with Gasteiger partial charge in [0.25, 0.3) is 5.91 Å². The number of carbonyl (C=O) groups is 1. The molecule has 0 atom stereocenters. The van der Waals surface area contributed by atoms with Crippen molar-refractivity contribution in [3.63, 3.8) is 0 Å². The van der Waals surface area contributed by atoms with Crippen LogP contribution in [0.4, 0.5) is 11.5 Å². The van der Waals surface area contributed by atoms with Crippen LogP contribution in [0.1, 0.15) is 93.9 Å². The summed E-state index contributed by atoms with van der Waals surface area (Å²) in [7, 11) is 0. The van der Waals surface area contributed by atoms with Gasteiger partial charge in [0.05, 0.1) is 17.4 Å². The molecule has 0 spiro atoms. The third kappa shape index (κ3) is 5.57. The Morgan fingerprint density at radius 1 is 1.17 bits per heavy atom. The molecule has 2 aliphatic carbocycles. The molecule has 1 amide bonds. The molecule has 8 heteroatoms. The second-order valence-electron chi connectivity index (χ2n) is 10.4. The maximum Gasteiger partial charge on any atom is 0.277 e. The van der Waals surface area contributed by atoms with E-state index in [0.717, 1.165) is 54.0 Å². The van der Waals surface area contributed by atoms with Crippen molar-refractivity contribution < 1.29 is 9.21 Å². The number of rotatable bonds is 9. The Balaban J connectivity index is 1.28. The number of hydrogen-bond acceptors (Lipinski definition) is 6. The molecule has 2 fully saturated rings. The van der Waals surface area contributed by atoms with Crippen LogP contribution in [0.25, 0.3) is 11.5 Å². The maximum atomic E-state index is 13.1. The second-order valence-corrected chi connectivity index (χ2v) is 10.4. The lowest BCUT2D eigenvalue weighted by Gasteiger charge is -2.27. The van der Waals surface area contributed by atoms with E-state index in [9.17, 15) is 4.79 Å². The highest BCUT2D eigenvalue weighted by atomic mass is 16.3. The Bertz CT molecular complexity index is 1150. The second kappa shape index (κ2) is 10.2.